The van der Waals surface area contributed by atoms with Crippen LogP contribution in [-0.2, 0) is 15.9 Å². The van der Waals surface area contributed by atoms with Crippen LogP contribution in [0.3, 0.4) is 0 Å². The van der Waals surface area contributed by atoms with E-state index in [-0.39, 0.29) is 0 Å². The molecule has 1 aromatic carbocycles. The summed E-state index contributed by atoms with van der Waals surface area (Å²) in [6.45, 7) is 5.09. The van der Waals surface area contributed by atoms with Gasteiger partial charge in [-0.15, -0.1) is 11.6 Å². The van der Waals surface area contributed by atoms with E-state index in [9.17, 15) is 8.42 Å². The Labute approximate surface area is 127 Å². The summed E-state index contributed by atoms with van der Waals surface area (Å²) in [4.78, 5) is 0.407. The molecule has 0 aromatic heterocycles. The molecule has 0 N–H and O–H groups in total. The SMILES string of the molecule is CCCN(CC1CC1)S(=O)(=O)c1cccc(CCl)c1C. The van der Waals surface area contributed by atoms with Crippen molar-refractivity contribution in [3.63, 3.8) is 0 Å². The summed E-state index contributed by atoms with van der Waals surface area (Å²) in [6, 6.07) is 5.35. The Balaban J connectivity index is 2.35. The first-order valence-electron chi connectivity index (χ1n) is 7.15. The van der Waals surface area contributed by atoms with Crippen molar-refractivity contribution in [2.24, 2.45) is 5.92 Å². The standard InChI is InChI=1S/C15H22ClNO2S/c1-3-9-17(11-13-7-8-13)20(18,19)15-6-4-5-14(10-16)12(15)2/h4-6,13H,3,7-11H2,1-2H3. The van der Waals surface area contributed by atoms with Gasteiger partial charge in [0.25, 0.3) is 0 Å². The number of hydrogen-bond acceptors (Lipinski definition) is 2. The molecule has 5 heteroatoms. The molecular formula is C15H22ClNO2S. The predicted molar refractivity (Wildman–Crippen MR) is 82.5 cm³/mol. The van der Waals surface area contributed by atoms with Gasteiger partial charge in [0.1, 0.15) is 0 Å². The minimum absolute atomic E-state index is 0.339. The lowest BCUT2D eigenvalue weighted by Gasteiger charge is -2.23. The summed E-state index contributed by atoms with van der Waals surface area (Å²) in [5.74, 6) is 0.888. The minimum atomic E-state index is -3.41. The van der Waals surface area contributed by atoms with E-state index in [4.69, 9.17) is 11.6 Å². The number of halogens is 1. The molecule has 1 aliphatic rings. The lowest BCUT2D eigenvalue weighted by Crippen LogP contribution is -2.34. The van der Waals surface area contributed by atoms with E-state index in [0.29, 0.717) is 29.8 Å². The van der Waals surface area contributed by atoms with Gasteiger partial charge in [-0.2, -0.15) is 4.31 Å². The van der Waals surface area contributed by atoms with Crippen molar-refractivity contribution in [1.29, 1.82) is 0 Å². The lowest BCUT2D eigenvalue weighted by molar-refractivity contribution is 0.395. The van der Waals surface area contributed by atoms with E-state index in [1.165, 1.54) is 0 Å². The number of alkyl halides is 1. The van der Waals surface area contributed by atoms with Crippen LogP contribution in [0.15, 0.2) is 23.1 Å². The molecule has 20 heavy (non-hydrogen) atoms. The zero-order valence-electron chi connectivity index (χ0n) is 12.1. The zero-order valence-corrected chi connectivity index (χ0v) is 13.7. The number of rotatable bonds is 7. The third-order valence-electron chi connectivity index (χ3n) is 3.79. The first kappa shape index (κ1) is 15.8. The van der Waals surface area contributed by atoms with Crippen molar-refractivity contribution in [2.75, 3.05) is 13.1 Å². The van der Waals surface area contributed by atoms with Crippen molar-refractivity contribution in [2.45, 2.75) is 43.9 Å². The van der Waals surface area contributed by atoms with E-state index in [1.54, 1.807) is 16.4 Å². The van der Waals surface area contributed by atoms with Gasteiger partial charge in [0, 0.05) is 19.0 Å². The third kappa shape index (κ3) is 3.35. The molecule has 3 nitrogen and oxygen atoms in total. The van der Waals surface area contributed by atoms with Gasteiger partial charge in [0.15, 0.2) is 0 Å². The Morgan fingerprint density at radius 2 is 2.05 bits per heavy atom. The van der Waals surface area contributed by atoms with Gasteiger partial charge in [-0.25, -0.2) is 8.42 Å². The van der Waals surface area contributed by atoms with Crippen molar-refractivity contribution in [1.82, 2.24) is 4.31 Å². The largest absolute Gasteiger partial charge is 0.243 e. The Morgan fingerprint density at radius 1 is 1.35 bits per heavy atom. The van der Waals surface area contributed by atoms with Crippen LogP contribution < -0.4 is 0 Å². The molecule has 2 rings (SSSR count). The van der Waals surface area contributed by atoms with Gasteiger partial charge in [0.2, 0.25) is 10.0 Å². The van der Waals surface area contributed by atoms with Crippen LogP contribution in [-0.4, -0.2) is 25.8 Å². The monoisotopic (exact) mass is 315 g/mol. The van der Waals surface area contributed by atoms with E-state index >= 15 is 0 Å². The quantitative estimate of drug-likeness (QED) is 0.722. The molecule has 0 aliphatic heterocycles. The van der Waals surface area contributed by atoms with Crippen LogP contribution in [0, 0.1) is 12.8 Å². The highest BCUT2D eigenvalue weighted by Gasteiger charge is 2.32. The van der Waals surface area contributed by atoms with Gasteiger partial charge < -0.3 is 0 Å². The van der Waals surface area contributed by atoms with E-state index in [2.05, 4.69) is 0 Å². The van der Waals surface area contributed by atoms with Crippen LogP contribution >= 0.6 is 11.6 Å². The summed E-state index contributed by atoms with van der Waals surface area (Å²) in [6.07, 6.45) is 3.13. The molecule has 0 spiro atoms. The molecule has 0 heterocycles. The summed E-state index contributed by atoms with van der Waals surface area (Å²) >= 11 is 5.88. The third-order valence-corrected chi connectivity index (χ3v) is 6.09. The predicted octanol–water partition coefficient (Wildman–Crippen LogP) is 3.54. The molecule has 0 atom stereocenters. The number of nitrogens with zero attached hydrogens (tertiary/aromatic N) is 1. The number of sulfonamides is 1. The highest BCUT2D eigenvalue weighted by Crippen LogP contribution is 2.32. The normalized spacial score (nSPS) is 15.8. The molecule has 0 saturated heterocycles. The van der Waals surface area contributed by atoms with Crippen molar-refractivity contribution in [3.8, 4) is 0 Å². The molecule has 1 saturated carbocycles. The minimum Gasteiger partial charge on any atom is -0.207 e. The molecule has 112 valence electrons. The van der Waals surface area contributed by atoms with Gasteiger partial charge >= 0.3 is 0 Å². The average Bonchev–Trinajstić information content (AvgIpc) is 3.22. The fourth-order valence-corrected chi connectivity index (χ4v) is 4.54. The molecule has 1 aliphatic carbocycles. The van der Waals surface area contributed by atoms with Crippen LogP contribution in [0.4, 0.5) is 0 Å². The topological polar surface area (TPSA) is 37.4 Å². The van der Waals surface area contributed by atoms with Crippen LogP contribution in [0.25, 0.3) is 0 Å². The molecule has 0 amide bonds. The Kier molecular flexibility index (Phi) is 5.10. The van der Waals surface area contributed by atoms with E-state index in [1.807, 2.05) is 19.9 Å². The molecule has 1 aromatic rings. The molecule has 0 unspecified atom stereocenters. The zero-order chi connectivity index (χ0) is 14.8. The summed E-state index contributed by atoms with van der Waals surface area (Å²) in [5.41, 5.74) is 1.66. The maximum absolute atomic E-state index is 12.9. The van der Waals surface area contributed by atoms with Gasteiger partial charge in [-0.3, -0.25) is 0 Å². The van der Waals surface area contributed by atoms with Gasteiger partial charge in [-0.05, 0) is 49.3 Å². The van der Waals surface area contributed by atoms with Gasteiger partial charge in [0.05, 0.1) is 4.90 Å². The number of hydrogen-bond donors (Lipinski definition) is 0. The first-order valence-corrected chi connectivity index (χ1v) is 9.12. The Hall–Kier alpha value is -0.580. The van der Waals surface area contributed by atoms with Crippen LogP contribution in [0.1, 0.15) is 37.3 Å². The average molecular weight is 316 g/mol. The van der Waals surface area contributed by atoms with Gasteiger partial charge in [-0.1, -0.05) is 19.1 Å². The second-order valence-corrected chi connectivity index (χ2v) is 7.65. The Morgan fingerprint density at radius 3 is 2.60 bits per heavy atom. The second-order valence-electron chi connectivity index (χ2n) is 5.48. The molecule has 0 radical (unpaired) electrons. The van der Waals surface area contributed by atoms with Crippen molar-refractivity contribution < 1.29 is 8.42 Å². The van der Waals surface area contributed by atoms with E-state index in [0.717, 1.165) is 30.4 Å². The van der Waals surface area contributed by atoms with Crippen molar-refractivity contribution in [3.05, 3.63) is 29.3 Å². The Bertz CT molecular complexity index is 567. The van der Waals surface area contributed by atoms with Crippen LogP contribution in [0.5, 0.6) is 0 Å². The fourth-order valence-electron chi connectivity index (χ4n) is 2.37. The maximum Gasteiger partial charge on any atom is 0.243 e. The molecule has 1 fully saturated rings. The summed E-state index contributed by atoms with van der Waals surface area (Å²) < 4.78 is 27.4. The highest BCUT2D eigenvalue weighted by atomic mass is 35.5. The smallest absolute Gasteiger partial charge is 0.207 e. The van der Waals surface area contributed by atoms with E-state index < -0.39 is 10.0 Å². The maximum atomic E-state index is 12.9. The van der Waals surface area contributed by atoms with Crippen molar-refractivity contribution >= 4 is 21.6 Å². The number of benzene rings is 1. The van der Waals surface area contributed by atoms with Crippen LogP contribution in [0.2, 0.25) is 0 Å². The summed E-state index contributed by atoms with van der Waals surface area (Å²) in [5, 5.41) is 0. The highest BCUT2D eigenvalue weighted by molar-refractivity contribution is 7.89. The molecular weight excluding hydrogens is 294 g/mol. The summed E-state index contributed by atoms with van der Waals surface area (Å²) in [7, 11) is -3.41. The first-order chi connectivity index (χ1) is 9.50. The molecule has 0 bridgehead atoms. The second kappa shape index (κ2) is 6.46. The fraction of sp³-hybridized carbons (Fsp3) is 0.600. The lowest BCUT2D eigenvalue weighted by atomic mass is 10.1.